The van der Waals surface area contributed by atoms with Gasteiger partial charge in [-0.2, -0.15) is 4.37 Å². The molecule has 1 fully saturated rings. The minimum atomic E-state index is 0.826. The fraction of sp³-hybridized carbons (Fsp3) is 0.800. The van der Waals surface area contributed by atoms with Crippen LogP contribution < -0.4 is 4.90 Å². The Bertz CT molecular complexity index is 263. The summed E-state index contributed by atoms with van der Waals surface area (Å²) in [6, 6.07) is 0. The number of anilines is 1. The molecule has 0 aliphatic carbocycles. The molecular weight excluding hydrogens is 194 g/mol. The highest BCUT2D eigenvalue weighted by Gasteiger charge is 2.22. The van der Waals surface area contributed by atoms with Crippen LogP contribution in [0.15, 0.2) is 6.33 Å². The maximum absolute atomic E-state index is 4.24. The second kappa shape index (κ2) is 4.26. The van der Waals surface area contributed by atoms with Crippen LogP contribution in [0.3, 0.4) is 0 Å². The Balaban J connectivity index is 1.90. The van der Waals surface area contributed by atoms with E-state index in [0.29, 0.717) is 0 Å². The third-order valence-electron chi connectivity index (χ3n) is 3.10. The van der Waals surface area contributed by atoms with Crippen LogP contribution in [0.25, 0.3) is 0 Å². The lowest BCUT2D eigenvalue weighted by molar-refractivity contribution is 0.311. The van der Waals surface area contributed by atoms with Gasteiger partial charge in [-0.3, -0.25) is 0 Å². The van der Waals surface area contributed by atoms with Crippen LogP contribution in [0.4, 0.5) is 5.13 Å². The van der Waals surface area contributed by atoms with E-state index in [2.05, 4.69) is 28.1 Å². The Kier molecular flexibility index (Phi) is 3.01. The van der Waals surface area contributed by atoms with Gasteiger partial charge in [0.05, 0.1) is 0 Å². The number of aromatic nitrogens is 2. The van der Waals surface area contributed by atoms with E-state index in [1.807, 2.05) is 0 Å². The average Bonchev–Trinajstić information content (AvgIpc) is 2.71. The molecule has 0 N–H and O–H groups in total. The Morgan fingerprint density at radius 3 is 2.64 bits per heavy atom. The maximum atomic E-state index is 4.24. The van der Waals surface area contributed by atoms with E-state index < -0.39 is 0 Å². The normalized spacial score (nSPS) is 19.2. The molecule has 0 radical (unpaired) electrons. The number of rotatable bonds is 2. The van der Waals surface area contributed by atoms with Crippen molar-refractivity contribution in [1.29, 1.82) is 0 Å². The van der Waals surface area contributed by atoms with Crippen molar-refractivity contribution in [3.8, 4) is 0 Å². The first-order valence-electron chi connectivity index (χ1n) is 5.29. The monoisotopic (exact) mass is 211 g/mol. The van der Waals surface area contributed by atoms with Gasteiger partial charge in [-0.1, -0.05) is 13.8 Å². The van der Waals surface area contributed by atoms with Crippen molar-refractivity contribution in [2.75, 3.05) is 18.0 Å². The Hall–Kier alpha value is -0.640. The molecule has 78 valence electrons. The summed E-state index contributed by atoms with van der Waals surface area (Å²) in [5.74, 6) is 1.73. The van der Waals surface area contributed by atoms with E-state index >= 15 is 0 Å². The fourth-order valence-electron chi connectivity index (χ4n) is 2.06. The zero-order chi connectivity index (χ0) is 9.97. The minimum absolute atomic E-state index is 0.826. The molecule has 1 aromatic rings. The van der Waals surface area contributed by atoms with Gasteiger partial charge in [0.15, 0.2) is 0 Å². The number of nitrogens with zero attached hydrogens (tertiary/aromatic N) is 3. The van der Waals surface area contributed by atoms with Crippen molar-refractivity contribution < 1.29 is 0 Å². The van der Waals surface area contributed by atoms with Gasteiger partial charge in [-0.15, -0.1) is 0 Å². The molecule has 1 aromatic heterocycles. The largest absolute Gasteiger partial charge is 0.347 e. The highest BCUT2D eigenvalue weighted by atomic mass is 32.1. The third kappa shape index (κ3) is 2.05. The van der Waals surface area contributed by atoms with Crippen molar-refractivity contribution in [3.05, 3.63) is 6.33 Å². The topological polar surface area (TPSA) is 29.0 Å². The van der Waals surface area contributed by atoms with Crippen molar-refractivity contribution in [2.24, 2.45) is 11.8 Å². The Morgan fingerprint density at radius 1 is 1.43 bits per heavy atom. The van der Waals surface area contributed by atoms with Crippen LogP contribution in [-0.2, 0) is 0 Å². The summed E-state index contributed by atoms with van der Waals surface area (Å²) in [6.07, 6.45) is 4.25. The molecule has 0 saturated carbocycles. The summed E-state index contributed by atoms with van der Waals surface area (Å²) >= 11 is 1.50. The van der Waals surface area contributed by atoms with Crippen LogP contribution in [0.1, 0.15) is 26.7 Å². The predicted molar refractivity (Wildman–Crippen MR) is 59.7 cm³/mol. The van der Waals surface area contributed by atoms with Gasteiger partial charge in [0.25, 0.3) is 0 Å². The highest BCUT2D eigenvalue weighted by molar-refractivity contribution is 7.09. The van der Waals surface area contributed by atoms with Gasteiger partial charge in [0, 0.05) is 24.6 Å². The van der Waals surface area contributed by atoms with Crippen molar-refractivity contribution in [2.45, 2.75) is 26.7 Å². The molecule has 2 heterocycles. The zero-order valence-electron chi connectivity index (χ0n) is 8.81. The van der Waals surface area contributed by atoms with E-state index in [4.69, 9.17) is 0 Å². The van der Waals surface area contributed by atoms with Gasteiger partial charge in [-0.25, -0.2) is 4.98 Å². The molecule has 0 atom stereocenters. The number of hydrogen-bond acceptors (Lipinski definition) is 4. The first-order valence-corrected chi connectivity index (χ1v) is 6.06. The molecule has 0 spiro atoms. The summed E-state index contributed by atoms with van der Waals surface area (Å²) in [4.78, 5) is 6.60. The predicted octanol–water partition coefficient (Wildman–Crippen LogP) is 2.41. The lowest BCUT2D eigenvalue weighted by Crippen LogP contribution is -2.35. The van der Waals surface area contributed by atoms with Gasteiger partial charge in [0.1, 0.15) is 6.33 Å². The van der Waals surface area contributed by atoms with Crippen LogP contribution in [-0.4, -0.2) is 22.4 Å². The smallest absolute Gasteiger partial charge is 0.204 e. The average molecular weight is 211 g/mol. The van der Waals surface area contributed by atoms with Crippen molar-refractivity contribution in [3.63, 3.8) is 0 Å². The van der Waals surface area contributed by atoms with E-state index in [1.54, 1.807) is 6.33 Å². The summed E-state index contributed by atoms with van der Waals surface area (Å²) in [5.41, 5.74) is 0. The Labute approximate surface area is 89.3 Å². The lowest BCUT2D eigenvalue weighted by Gasteiger charge is -2.33. The molecule has 4 heteroatoms. The standard InChI is InChI=1S/C10H17N3S/c1-8(2)9-3-5-13(6-4-9)10-11-7-12-14-10/h7-9H,3-6H2,1-2H3. The van der Waals surface area contributed by atoms with E-state index in [1.165, 1.54) is 24.4 Å². The van der Waals surface area contributed by atoms with Crippen LogP contribution in [0.2, 0.25) is 0 Å². The number of hydrogen-bond donors (Lipinski definition) is 0. The number of piperidine rings is 1. The second-order valence-corrected chi connectivity index (χ2v) is 5.05. The molecule has 1 aliphatic rings. The van der Waals surface area contributed by atoms with Gasteiger partial charge >= 0.3 is 0 Å². The first-order chi connectivity index (χ1) is 6.77. The summed E-state index contributed by atoms with van der Waals surface area (Å²) in [5, 5.41) is 1.09. The van der Waals surface area contributed by atoms with Gasteiger partial charge < -0.3 is 4.90 Å². The van der Waals surface area contributed by atoms with Crippen LogP contribution in [0, 0.1) is 11.8 Å². The van der Waals surface area contributed by atoms with E-state index in [9.17, 15) is 0 Å². The van der Waals surface area contributed by atoms with Crippen LogP contribution >= 0.6 is 11.5 Å². The molecule has 2 rings (SSSR count). The molecule has 0 amide bonds. The lowest BCUT2D eigenvalue weighted by atomic mass is 9.87. The SMILES string of the molecule is CC(C)C1CCN(c2ncns2)CC1. The highest BCUT2D eigenvalue weighted by Crippen LogP contribution is 2.27. The zero-order valence-corrected chi connectivity index (χ0v) is 9.63. The van der Waals surface area contributed by atoms with Crippen molar-refractivity contribution in [1.82, 2.24) is 9.36 Å². The van der Waals surface area contributed by atoms with Crippen LogP contribution in [0.5, 0.6) is 0 Å². The summed E-state index contributed by atoms with van der Waals surface area (Å²) in [6.45, 7) is 6.95. The third-order valence-corrected chi connectivity index (χ3v) is 3.83. The quantitative estimate of drug-likeness (QED) is 0.752. The second-order valence-electron chi connectivity index (χ2n) is 4.29. The minimum Gasteiger partial charge on any atom is -0.347 e. The molecule has 14 heavy (non-hydrogen) atoms. The molecule has 0 bridgehead atoms. The summed E-state index contributed by atoms with van der Waals surface area (Å²) in [7, 11) is 0. The fourth-order valence-corrected chi connectivity index (χ4v) is 2.64. The molecule has 0 unspecified atom stereocenters. The molecular formula is C10H17N3S. The summed E-state index contributed by atoms with van der Waals surface area (Å²) < 4.78 is 4.04. The molecule has 1 saturated heterocycles. The van der Waals surface area contributed by atoms with E-state index in [-0.39, 0.29) is 0 Å². The van der Waals surface area contributed by atoms with Gasteiger partial charge in [-0.05, 0) is 24.7 Å². The molecule has 1 aliphatic heterocycles. The Morgan fingerprint density at radius 2 is 2.14 bits per heavy atom. The molecule has 3 nitrogen and oxygen atoms in total. The maximum Gasteiger partial charge on any atom is 0.204 e. The van der Waals surface area contributed by atoms with Gasteiger partial charge in [0.2, 0.25) is 5.13 Å². The first kappa shape index (κ1) is 9.90. The van der Waals surface area contributed by atoms with E-state index in [0.717, 1.165) is 30.1 Å². The molecule has 0 aromatic carbocycles. The van der Waals surface area contributed by atoms with Crippen molar-refractivity contribution >= 4 is 16.7 Å².